The predicted octanol–water partition coefficient (Wildman–Crippen LogP) is 7.33. The maximum Gasteiger partial charge on any atom is 0.413 e. The van der Waals surface area contributed by atoms with Crippen LogP contribution in [-0.4, -0.2) is 62.3 Å². The maximum atomic E-state index is 15.3. The van der Waals surface area contributed by atoms with Crippen molar-refractivity contribution in [3.8, 4) is 26.9 Å². The molecule has 0 radical (unpaired) electrons. The van der Waals surface area contributed by atoms with Gasteiger partial charge in [0.1, 0.15) is 33.8 Å². The number of anilines is 1. The Hall–Kier alpha value is -3.02. The monoisotopic (exact) mass is 605 g/mol. The summed E-state index contributed by atoms with van der Waals surface area (Å²) in [5, 5.41) is 13.2. The first-order valence-corrected chi connectivity index (χ1v) is 14.6. The lowest BCUT2D eigenvalue weighted by Crippen LogP contribution is -2.52. The van der Waals surface area contributed by atoms with Crippen LogP contribution in [-0.2, 0) is 9.47 Å². The highest BCUT2D eigenvalue weighted by Gasteiger charge is 2.50. The van der Waals surface area contributed by atoms with E-state index < -0.39 is 29.3 Å². The minimum Gasteiger partial charge on any atom is -0.488 e. The third kappa shape index (κ3) is 7.07. The first-order chi connectivity index (χ1) is 19.1. The molecule has 41 heavy (non-hydrogen) atoms. The number of rotatable bonds is 7. The number of aryl methyl sites for hydroxylation is 1. The van der Waals surface area contributed by atoms with Gasteiger partial charge in [-0.05, 0) is 80.0 Å². The number of amides is 1. The fraction of sp³-hybridized carbons (Fsp3) is 0.517. The Balaban J connectivity index is 1.51. The third-order valence-electron chi connectivity index (χ3n) is 6.36. The van der Waals surface area contributed by atoms with Gasteiger partial charge in [0.25, 0.3) is 0 Å². The minimum absolute atomic E-state index is 0.0204. The zero-order valence-corrected chi connectivity index (χ0v) is 26.4. The molecular formula is C29H37ClFN5O4S. The van der Waals surface area contributed by atoms with Gasteiger partial charge in [-0.25, -0.2) is 14.2 Å². The van der Waals surface area contributed by atoms with Crippen LogP contribution in [0.5, 0.6) is 5.75 Å². The molecule has 0 bridgehead atoms. The Bertz CT molecular complexity index is 1420. The van der Waals surface area contributed by atoms with Crippen molar-refractivity contribution in [1.29, 1.82) is 0 Å². The molecule has 2 aromatic heterocycles. The number of ether oxygens (including phenoxy) is 3. The average molecular weight is 606 g/mol. The van der Waals surface area contributed by atoms with E-state index in [-0.39, 0.29) is 29.5 Å². The quantitative estimate of drug-likeness (QED) is 0.299. The summed E-state index contributed by atoms with van der Waals surface area (Å²) >= 11 is 7.86. The van der Waals surface area contributed by atoms with Crippen LogP contribution in [0.4, 0.5) is 15.0 Å². The Morgan fingerprint density at radius 2 is 1.93 bits per heavy atom. The molecule has 12 heteroatoms. The van der Waals surface area contributed by atoms with Crippen molar-refractivity contribution in [1.82, 2.24) is 20.1 Å². The number of carbonyl (C=O) groups is 1. The van der Waals surface area contributed by atoms with Gasteiger partial charge in [-0.3, -0.25) is 4.90 Å². The number of hydrogen-bond donors (Lipinski definition) is 1. The first kappa shape index (κ1) is 30.9. The fourth-order valence-electron chi connectivity index (χ4n) is 4.62. The second kappa shape index (κ2) is 11.7. The SMILES string of the molecule is Cc1cc(-c2nnc(-c3cc(F)c(OCC4C(C)OC(C)(C)N4C(=O)OC(C)(C)C)cc3Cl)s2)cnc1NC(C)C. The molecule has 1 aliphatic rings. The summed E-state index contributed by atoms with van der Waals surface area (Å²) in [4.78, 5) is 19.0. The molecule has 1 saturated heterocycles. The van der Waals surface area contributed by atoms with Crippen LogP contribution in [0.15, 0.2) is 24.4 Å². The van der Waals surface area contributed by atoms with Crippen LogP contribution in [0.2, 0.25) is 5.02 Å². The molecule has 1 aromatic carbocycles. The van der Waals surface area contributed by atoms with E-state index in [0.29, 0.717) is 15.6 Å². The van der Waals surface area contributed by atoms with Gasteiger partial charge in [0.2, 0.25) is 0 Å². The molecule has 0 saturated carbocycles. The number of pyridine rings is 1. The van der Waals surface area contributed by atoms with Crippen molar-refractivity contribution in [3.05, 3.63) is 40.8 Å². The molecule has 1 amide bonds. The van der Waals surface area contributed by atoms with Gasteiger partial charge in [-0.15, -0.1) is 10.2 Å². The van der Waals surface area contributed by atoms with E-state index in [0.717, 1.165) is 16.9 Å². The topological polar surface area (TPSA) is 98.7 Å². The summed E-state index contributed by atoms with van der Waals surface area (Å²) in [6.45, 7) is 16.8. The lowest BCUT2D eigenvalue weighted by atomic mass is 10.1. The van der Waals surface area contributed by atoms with Crippen LogP contribution in [0, 0.1) is 12.7 Å². The van der Waals surface area contributed by atoms with E-state index in [1.165, 1.54) is 28.4 Å². The first-order valence-electron chi connectivity index (χ1n) is 13.4. The molecule has 4 rings (SSSR count). The summed E-state index contributed by atoms with van der Waals surface area (Å²) < 4.78 is 32.7. The second-order valence-electron chi connectivity index (χ2n) is 11.9. The Morgan fingerprint density at radius 1 is 1.24 bits per heavy atom. The van der Waals surface area contributed by atoms with Crippen LogP contribution in [0.1, 0.15) is 61.0 Å². The molecule has 1 N–H and O–H groups in total. The van der Waals surface area contributed by atoms with Crippen LogP contribution < -0.4 is 10.1 Å². The predicted molar refractivity (Wildman–Crippen MR) is 159 cm³/mol. The van der Waals surface area contributed by atoms with Crippen molar-refractivity contribution < 1.29 is 23.4 Å². The highest BCUT2D eigenvalue weighted by atomic mass is 35.5. The van der Waals surface area contributed by atoms with Crippen molar-refractivity contribution in [2.75, 3.05) is 11.9 Å². The van der Waals surface area contributed by atoms with E-state index in [1.807, 2.05) is 33.8 Å². The molecule has 0 aliphatic carbocycles. The number of hydrogen-bond acceptors (Lipinski definition) is 9. The van der Waals surface area contributed by atoms with Gasteiger partial charge in [-0.1, -0.05) is 22.9 Å². The minimum atomic E-state index is -0.926. The fourth-order valence-corrected chi connectivity index (χ4v) is 5.77. The van der Waals surface area contributed by atoms with E-state index in [2.05, 4.69) is 20.5 Å². The number of aromatic nitrogens is 3. The molecular weight excluding hydrogens is 569 g/mol. The lowest BCUT2D eigenvalue weighted by molar-refractivity contribution is -0.0760. The van der Waals surface area contributed by atoms with E-state index in [9.17, 15) is 4.79 Å². The largest absolute Gasteiger partial charge is 0.488 e. The van der Waals surface area contributed by atoms with E-state index >= 15 is 4.39 Å². The standard InChI is InChI=1S/C29H37ClFN5O4S/c1-15(2)33-24-16(3)10-18(13-32-24)25-34-35-26(41-25)19-11-21(31)23(12-20(19)30)38-14-22-17(4)39-29(8,9)36(22)27(37)40-28(5,6)7/h10-13,15,17,22H,14H2,1-9H3,(H,32,33). The van der Waals surface area contributed by atoms with E-state index in [1.54, 1.807) is 40.8 Å². The van der Waals surface area contributed by atoms with Gasteiger partial charge in [0.15, 0.2) is 11.6 Å². The molecule has 3 aromatic rings. The summed E-state index contributed by atoms with van der Waals surface area (Å²) in [7, 11) is 0. The molecule has 9 nitrogen and oxygen atoms in total. The van der Waals surface area contributed by atoms with Crippen molar-refractivity contribution in [3.63, 3.8) is 0 Å². The van der Waals surface area contributed by atoms with Crippen molar-refractivity contribution in [2.24, 2.45) is 0 Å². The second-order valence-corrected chi connectivity index (χ2v) is 13.2. The average Bonchev–Trinajstić information content (AvgIpc) is 3.41. The number of halogens is 2. The third-order valence-corrected chi connectivity index (χ3v) is 7.67. The molecule has 3 heterocycles. The Labute approximate surface area is 249 Å². The summed E-state index contributed by atoms with van der Waals surface area (Å²) in [5.74, 6) is 0.153. The normalized spacial score (nSPS) is 18.6. The number of nitrogens with zero attached hydrogens (tertiary/aromatic N) is 4. The molecule has 2 atom stereocenters. The highest BCUT2D eigenvalue weighted by Crippen LogP contribution is 2.38. The van der Waals surface area contributed by atoms with Gasteiger partial charge >= 0.3 is 6.09 Å². The molecule has 0 spiro atoms. The summed E-state index contributed by atoms with van der Waals surface area (Å²) in [6, 6.07) is 4.43. The summed E-state index contributed by atoms with van der Waals surface area (Å²) in [5.41, 5.74) is 0.576. The molecule has 1 aliphatic heterocycles. The Morgan fingerprint density at radius 3 is 2.56 bits per heavy atom. The van der Waals surface area contributed by atoms with Gasteiger partial charge in [0.05, 0.1) is 17.2 Å². The smallest absolute Gasteiger partial charge is 0.413 e. The zero-order chi connectivity index (χ0) is 30.3. The van der Waals surface area contributed by atoms with Gasteiger partial charge in [0, 0.05) is 29.4 Å². The zero-order valence-electron chi connectivity index (χ0n) is 24.8. The van der Waals surface area contributed by atoms with Crippen molar-refractivity contribution in [2.45, 2.75) is 91.8 Å². The van der Waals surface area contributed by atoms with Crippen molar-refractivity contribution >= 4 is 34.8 Å². The maximum absolute atomic E-state index is 15.3. The van der Waals surface area contributed by atoms with E-state index in [4.69, 9.17) is 25.8 Å². The lowest BCUT2D eigenvalue weighted by Gasteiger charge is -2.35. The molecule has 2 unspecified atom stereocenters. The molecule has 1 fully saturated rings. The number of carbonyl (C=O) groups excluding carboxylic acids is 1. The van der Waals surface area contributed by atoms with Crippen LogP contribution >= 0.6 is 22.9 Å². The molecule has 222 valence electrons. The highest BCUT2D eigenvalue weighted by molar-refractivity contribution is 7.18. The van der Waals surface area contributed by atoms with Crippen LogP contribution in [0.3, 0.4) is 0 Å². The van der Waals surface area contributed by atoms with Gasteiger partial charge in [-0.2, -0.15) is 0 Å². The van der Waals surface area contributed by atoms with Crippen LogP contribution in [0.25, 0.3) is 21.1 Å². The Kier molecular flexibility index (Phi) is 8.82. The summed E-state index contributed by atoms with van der Waals surface area (Å²) in [6.07, 6.45) is 0.831. The number of nitrogens with one attached hydrogen (secondary N) is 1. The number of benzene rings is 1. The van der Waals surface area contributed by atoms with Gasteiger partial charge < -0.3 is 19.5 Å².